The lowest BCUT2D eigenvalue weighted by Crippen LogP contribution is -2.43. The van der Waals surface area contributed by atoms with Crippen molar-refractivity contribution in [1.82, 2.24) is 10.2 Å². The van der Waals surface area contributed by atoms with Crippen LogP contribution in [-0.2, 0) is 9.47 Å². The molecular formula is C15H30N2O3S. The van der Waals surface area contributed by atoms with E-state index >= 15 is 0 Å². The van der Waals surface area contributed by atoms with Crippen molar-refractivity contribution in [2.45, 2.75) is 51.0 Å². The van der Waals surface area contributed by atoms with E-state index in [1.807, 2.05) is 32.5 Å². The van der Waals surface area contributed by atoms with Crippen LogP contribution in [-0.4, -0.2) is 67.0 Å². The third-order valence-electron chi connectivity index (χ3n) is 3.23. The second-order valence-electron chi connectivity index (χ2n) is 6.49. The van der Waals surface area contributed by atoms with Crippen LogP contribution < -0.4 is 5.32 Å². The Hall–Kier alpha value is -0.460. The molecule has 1 N–H and O–H groups in total. The Labute approximate surface area is 133 Å². The number of thioether (sulfide) groups is 1. The van der Waals surface area contributed by atoms with Gasteiger partial charge >= 0.3 is 6.09 Å². The molecule has 1 fully saturated rings. The average Bonchev–Trinajstić information content (AvgIpc) is 2.77. The van der Waals surface area contributed by atoms with E-state index in [-0.39, 0.29) is 6.09 Å². The number of nitrogens with one attached hydrogen (secondary N) is 1. The predicted molar refractivity (Wildman–Crippen MR) is 88.0 cm³/mol. The number of nitrogens with zero attached hydrogens (tertiary/aromatic N) is 1. The minimum atomic E-state index is -0.465. The molecule has 21 heavy (non-hydrogen) atoms. The molecule has 5 nitrogen and oxygen atoms in total. The van der Waals surface area contributed by atoms with E-state index in [1.54, 1.807) is 12.0 Å². The van der Waals surface area contributed by atoms with Crippen LogP contribution in [0.25, 0.3) is 0 Å². The van der Waals surface area contributed by atoms with Gasteiger partial charge < -0.3 is 19.7 Å². The lowest BCUT2D eigenvalue weighted by Gasteiger charge is -2.27. The Morgan fingerprint density at radius 1 is 1.38 bits per heavy atom. The van der Waals surface area contributed by atoms with Crippen LogP contribution in [0.5, 0.6) is 0 Å². The summed E-state index contributed by atoms with van der Waals surface area (Å²) in [5.41, 5.74) is -0.465. The van der Waals surface area contributed by atoms with E-state index in [0.717, 1.165) is 17.5 Å². The minimum absolute atomic E-state index is 0.268. The Balaban J connectivity index is 2.36. The van der Waals surface area contributed by atoms with Gasteiger partial charge in [-0.25, -0.2) is 4.79 Å². The zero-order valence-electron chi connectivity index (χ0n) is 14.0. The Kier molecular flexibility index (Phi) is 7.84. The molecule has 1 saturated heterocycles. The molecule has 0 bridgehead atoms. The zero-order chi connectivity index (χ0) is 15.9. The maximum Gasteiger partial charge on any atom is 0.410 e. The van der Waals surface area contributed by atoms with Crippen molar-refractivity contribution in [3.05, 3.63) is 0 Å². The maximum atomic E-state index is 12.2. The summed E-state index contributed by atoms with van der Waals surface area (Å²) in [6.45, 7) is 10.4. The van der Waals surface area contributed by atoms with Gasteiger partial charge in [-0.3, -0.25) is 0 Å². The molecule has 1 aliphatic rings. The monoisotopic (exact) mass is 318 g/mol. The molecule has 2 atom stereocenters. The third-order valence-corrected chi connectivity index (χ3v) is 4.59. The first-order valence-corrected chi connectivity index (χ1v) is 8.68. The standard InChI is InChI=1S/C15H30N2O3S/c1-12-10-13(11-21-12)16-6-7-17(8-9-19-5)14(18)20-15(2,3)4/h12-13,16H,6-11H2,1-5H3. The summed E-state index contributed by atoms with van der Waals surface area (Å²) in [6, 6.07) is 0.563. The van der Waals surface area contributed by atoms with Crippen molar-refractivity contribution in [1.29, 1.82) is 0 Å². The number of ether oxygens (including phenoxy) is 2. The van der Waals surface area contributed by atoms with Gasteiger partial charge in [0.25, 0.3) is 0 Å². The fourth-order valence-electron chi connectivity index (χ4n) is 2.19. The maximum absolute atomic E-state index is 12.2. The molecule has 124 valence electrons. The molecule has 2 unspecified atom stereocenters. The second-order valence-corrected chi connectivity index (χ2v) is 7.96. The first-order chi connectivity index (χ1) is 9.81. The highest BCUT2D eigenvalue weighted by Crippen LogP contribution is 2.25. The molecule has 0 saturated carbocycles. The van der Waals surface area contributed by atoms with Gasteiger partial charge in [0.15, 0.2) is 0 Å². The SMILES string of the molecule is COCCN(CCNC1CSC(C)C1)C(=O)OC(C)(C)C. The van der Waals surface area contributed by atoms with E-state index in [2.05, 4.69) is 12.2 Å². The van der Waals surface area contributed by atoms with Crippen LogP contribution in [0.1, 0.15) is 34.1 Å². The molecular weight excluding hydrogens is 288 g/mol. The van der Waals surface area contributed by atoms with Gasteiger partial charge in [-0.05, 0) is 27.2 Å². The van der Waals surface area contributed by atoms with E-state index in [4.69, 9.17) is 9.47 Å². The highest BCUT2D eigenvalue weighted by Gasteiger charge is 2.24. The van der Waals surface area contributed by atoms with Crippen LogP contribution in [0.3, 0.4) is 0 Å². The number of hydrogen-bond donors (Lipinski definition) is 1. The molecule has 0 aromatic carbocycles. The minimum Gasteiger partial charge on any atom is -0.444 e. The van der Waals surface area contributed by atoms with Crippen molar-refractivity contribution < 1.29 is 14.3 Å². The highest BCUT2D eigenvalue weighted by molar-refractivity contribution is 8.00. The molecule has 0 radical (unpaired) electrons. The number of methoxy groups -OCH3 is 1. The highest BCUT2D eigenvalue weighted by atomic mass is 32.2. The molecule has 0 aromatic heterocycles. The number of amides is 1. The van der Waals surface area contributed by atoms with Crippen molar-refractivity contribution in [3.8, 4) is 0 Å². The topological polar surface area (TPSA) is 50.8 Å². The lowest BCUT2D eigenvalue weighted by molar-refractivity contribution is 0.0203. The van der Waals surface area contributed by atoms with E-state index in [1.165, 1.54) is 6.42 Å². The van der Waals surface area contributed by atoms with E-state index in [9.17, 15) is 4.79 Å². The van der Waals surface area contributed by atoms with Gasteiger partial charge in [-0.2, -0.15) is 11.8 Å². The first kappa shape index (κ1) is 18.6. The first-order valence-electron chi connectivity index (χ1n) is 7.63. The van der Waals surface area contributed by atoms with Crippen LogP contribution >= 0.6 is 11.8 Å². The molecule has 0 aromatic rings. The molecule has 1 heterocycles. The second kappa shape index (κ2) is 8.86. The molecule has 1 aliphatic heterocycles. The smallest absolute Gasteiger partial charge is 0.410 e. The number of rotatable bonds is 7. The van der Waals surface area contributed by atoms with Gasteiger partial charge in [0.05, 0.1) is 6.61 Å². The largest absolute Gasteiger partial charge is 0.444 e. The number of carbonyl (C=O) groups is 1. The van der Waals surface area contributed by atoms with Crippen molar-refractivity contribution >= 4 is 17.9 Å². The van der Waals surface area contributed by atoms with Gasteiger partial charge in [0.1, 0.15) is 5.60 Å². The summed E-state index contributed by atoms with van der Waals surface area (Å²) in [4.78, 5) is 13.9. The Bertz CT molecular complexity index is 321. The van der Waals surface area contributed by atoms with Gasteiger partial charge in [0, 0.05) is 43.8 Å². The lowest BCUT2D eigenvalue weighted by atomic mass is 10.2. The van der Waals surface area contributed by atoms with E-state index in [0.29, 0.717) is 25.7 Å². The Morgan fingerprint density at radius 3 is 2.62 bits per heavy atom. The molecule has 6 heteroatoms. The van der Waals surface area contributed by atoms with E-state index < -0.39 is 5.60 Å². The van der Waals surface area contributed by atoms with Gasteiger partial charge in [0.2, 0.25) is 0 Å². The van der Waals surface area contributed by atoms with Crippen molar-refractivity contribution in [2.75, 3.05) is 39.1 Å². The normalized spacial score (nSPS) is 22.3. The summed E-state index contributed by atoms with van der Waals surface area (Å²) >= 11 is 2.00. The summed E-state index contributed by atoms with van der Waals surface area (Å²) in [6.07, 6.45) is 0.936. The number of hydrogen-bond acceptors (Lipinski definition) is 5. The fourth-order valence-corrected chi connectivity index (χ4v) is 3.37. The van der Waals surface area contributed by atoms with Crippen LogP contribution in [0, 0.1) is 0 Å². The quantitative estimate of drug-likeness (QED) is 0.781. The fraction of sp³-hybridized carbons (Fsp3) is 0.933. The predicted octanol–water partition coefficient (Wildman–Crippen LogP) is 2.35. The van der Waals surface area contributed by atoms with Crippen LogP contribution in [0.2, 0.25) is 0 Å². The molecule has 0 aliphatic carbocycles. The van der Waals surface area contributed by atoms with Crippen LogP contribution in [0.4, 0.5) is 4.79 Å². The van der Waals surface area contributed by atoms with Crippen molar-refractivity contribution in [2.24, 2.45) is 0 Å². The number of carbonyl (C=O) groups excluding carboxylic acids is 1. The summed E-state index contributed by atoms with van der Waals surface area (Å²) in [5, 5.41) is 4.26. The molecule has 0 spiro atoms. The summed E-state index contributed by atoms with van der Waals surface area (Å²) < 4.78 is 10.5. The van der Waals surface area contributed by atoms with Crippen LogP contribution in [0.15, 0.2) is 0 Å². The summed E-state index contributed by atoms with van der Waals surface area (Å²) in [7, 11) is 1.64. The molecule has 1 rings (SSSR count). The third kappa shape index (κ3) is 7.93. The average molecular weight is 318 g/mol. The van der Waals surface area contributed by atoms with Gasteiger partial charge in [-0.1, -0.05) is 6.92 Å². The van der Waals surface area contributed by atoms with Crippen molar-refractivity contribution in [3.63, 3.8) is 0 Å². The molecule has 1 amide bonds. The Morgan fingerprint density at radius 2 is 2.10 bits per heavy atom. The zero-order valence-corrected chi connectivity index (χ0v) is 14.8. The van der Waals surface area contributed by atoms with Gasteiger partial charge in [-0.15, -0.1) is 0 Å². The summed E-state index contributed by atoms with van der Waals surface area (Å²) in [5.74, 6) is 1.16.